The molecule has 96 valence electrons. The van der Waals surface area contributed by atoms with Gasteiger partial charge in [0.1, 0.15) is 0 Å². The van der Waals surface area contributed by atoms with Crippen molar-refractivity contribution in [3.63, 3.8) is 0 Å². The van der Waals surface area contributed by atoms with Crippen LogP contribution in [0.5, 0.6) is 0 Å². The Morgan fingerprint density at radius 3 is 1.88 bits per heavy atom. The molecular formula is C14H23ClN2. The fourth-order valence-corrected chi connectivity index (χ4v) is 2.16. The Morgan fingerprint density at radius 1 is 1.06 bits per heavy atom. The number of nitrogens with two attached hydrogens (primary N) is 2. The lowest BCUT2D eigenvalue weighted by Gasteiger charge is -2.35. The summed E-state index contributed by atoms with van der Waals surface area (Å²) in [6.45, 7) is 8.14. The molecule has 0 aliphatic carbocycles. The Morgan fingerprint density at radius 2 is 1.53 bits per heavy atom. The quantitative estimate of drug-likeness (QED) is 0.866. The van der Waals surface area contributed by atoms with Crippen molar-refractivity contribution in [2.24, 2.45) is 11.5 Å². The molecule has 0 heterocycles. The van der Waals surface area contributed by atoms with Crippen LogP contribution in [-0.2, 0) is 0 Å². The number of halogens is 1. The summed E-state index contributed by atoms with van der Waals surface area (Å²) in [6.07, 6.45) is 0.845. The molecule has 3 heteroatoms. The lowest BCUT2D eigenvalue weighted by molar-refractivity contribution is 0.324. The monoisotopic (exact) mass is 254 g/mol. The predicted octanol–water partition coefficient (Wildman–Crippen LogP) is 3.29. The van der Waals surface area contributed by atoms with Gasteiger partial charge >= 0.3 is 0 Å². The molecule has 0 fully saturated rings. The highest BCUT2D eigenvalue weighted by Gasteiger charge is 2.30. The van der Waals surface area contributed by atoms with Crippen molar-refractivity contribution in [3.05, 3.63) is 34.9 Å². The molecule has 0 saturated carbocycles. The van der Waals surface area contributed by atoms with E-state index in [-0.39, 0.29) is 17.0 Å². The second-order valence-electron chi connectivity index (χ2n) is 6.12. The Hall–Kier alpha value is -0.570. The minimum Gasteiger partial charge on any atom is -0.326 e. The van der Waals surface area contributed by atoms with E-state index in [4.69, 9.17) is 23.1 Å². The third kappa shape index (κ3) is 4.66. The summed E-state index contributed by atoms with van der Waals surface area (Å²) in [5.41, 5.74) is 13.0. The highest BCUT2D eigenvalue weighted by Crippen LogP contribution is 2.33. The zero-order valence-electron chi connectivity index (χ0n) is 11.1. The van der Waals surface area contributed by atoms with Crippen LogP contribution in [0.2, 0.25) is 5.02 Å². The summed E-state index contributed by atoms with van der Waals surface area (Å²) >= 11 is 5.91. The van der Waals surface area contributed by atoms with Crippen LogP contribution in [-0.4, -0.2) is 11.1 Å². The van der Waals surface area contributed by atoms with E-state index < -0.39 is 0 Å². The molecule has 1 unspecified atom stereocenters. The van der Waals surface area contributed by atoms with Crippen molar-refractivity contribution in [1.82, 2.24) is 0 Å². The SMILES string of the molecule is CC(C)(N)CC(c1ccc(Cl)cc1)C(C)(C)N. The van der Waals surface area contributed by atoms with Crippen LogP contribution in [0.15, 0.2) is 24.3 Å². The summed E-state index contributed by atoms with van der Waals surface area (Å²) in [5.74, 6) is 0.222. The molecule has 2 nitrogen and oxygen atoms in total. The molecule has 0 aromatic heterocycles. The summed E-state index contributed by atoms with van der Waals surface area (Å²) in [6, 6.07) is 7.87. The first kappa shape index (κ1) is 14.5. The van der Waals surface area contributed by atoms with Crippen LogP contribution in [0, 0.1) is 0 Å². The fraction of sp³-hybridized carbons (Fsp3) is 0.571. The zero-order chi connectivity index (χ0) is 13.3. The summed E-state index contributed by atoms with van der Waals surface area (Å²) in [7, 11) is 0. The second-order valence-corrected chi connectivity index (χ2v) is 6.55. The van der Waals surface area contributed by atoms with E-state index in [1.165, 1.54) is 5.56 Å². The van der Waals surface area contributed by atoms with Gasteiger partial charge in [0.05, 0.1) is 0 Å². The highest BCUT2D eigenvalue weighted by atomic mass is 35.5. The molecule has 0 aliphatic heterocycles. The number of hydrogen-bond donors (Lipinski definition) is 2. The first-order chi connectivity index (χ1) is 7.59. The molecule has 0 bridgehead atoms. The molecule has 4 N–H and O–H groups in total. The third-order valence-electron chi connectivity index (χ3n) is 2.90. The molecule has 1 rings (SSSR count). The maximum Gasteiger partial charge on any atom is 0.0406 e. The van der Waals surface area contributed by atoms with Crippen molar-refractivity contribution < 1.29 is 0 Å². The highest BCUT2D eigenvalue weighted by molar-refractivity contribution is 6.30. The van der Waals surface area contributed by atoms with E-state index in [1.807, 2.05) is 52.0 Å². The first-order valence-electron chi connectivity index (χ1n) is 5.93. The van der Waals surface area contributed by atoms with Gasteiger partial charge in [-0.25, -0.2) is 0 Å². The normalized spacial score (nSPS) is 14.8. The van der Waals surface area contributed by atoms with E-state index >= 15 is 0 Å². The van der Waals surface area contributed by atoms with Crippen molar-refractivity contribution >= 4 is 11.6 Å². The van der Waals surface area contributed by atoms with Gasteiger partial charge in [0, 0.05) is 22.0 Å². The summed E-state index contributed by atoms with van der Waals surface area (Å²) in [4.78, 5) is 0. The van der Waals surface area contributed by atoms with Gasteiger partial charge in [-0.15, -0.1) is 0 Å². The molecule has 0 spiro atoms. The maximum atomic E-state index is 6.27. The fourth-order valence-electron chi connectivity index (χ4n) is 2.03. The van der Waals surface area contributed by atoms with Gasteiger partial charge in [0.25, 0.3) is 0 Å². The molecule has 1 atom stereocenters. The molecule has 0 aliphatic rings. The van der Waals surface area contributed by atoms with E-state index in [0.717, 1.165) is 11.4 Å². The average molecular weight is 255 g/mol. The van der Waals surface area contributed by atoms with Crippen LogP contribution in [0.25, 0.3) is 0 Å². The van der Waals surface area contributed by atoms with Gasteiger partial charge in [-0.05, 0) is 51.8 Å². The largest absolute Gasteiger partial charge is 0.326 e. The van der Waals surface area contributed by atoms with Gasteiger partial charge in [-0.3, -0.25) is 0 Å². The van der Waals surface area contributed by atoms with Gasteiger partial charge < -0.3 is 11.5 Å². The third-order valence-corrected chi connectivity index (χ3v) is 3.15. The van der Waals surface area contributed by atoms with E-state index in [0.29, 0.717) is 0 Å². The summed E-state index contributed by atoms with van der Waals surface area (Å²) in [5, 5.41) is 0.745. The Bertz CT molecular complexity index is 357. The molecule has 0 radical (unpaired) electrons. The van der Waals surface area contributed by atoms with E-state index in [1.54, 1.807) is 0 Å². The number of benzene rings is 1. The minimum absolute atomic E-state index is 0.222. The molecule has 1 aromatic carbocycles. The lowest BCUT2D eigenvalue weighted by Crippen LogP contribution is -2.45. The Balaban J connectivity index is 3.03. The van der Waals surface area contributed by atoms with Gasteiger partial charge in [0.15, 0.2) is 0 Å². The maximum absolute atomic E-state index is 6.27. The first-order valence-corrected chi connectivity index (χ1v) is 6.30. The van der Waals surface area contributed by atoms with Crippen molar-refractivity contribution in [2.45, 2.75) is 51.1 Å². The van der Waals surface area contributed by atoms with Gasteiger partial charge in [-0.2, -0.15) is 0 Å². The second kappa shape index (κ2) is 4.97. The van der Waals surface area contributed by atoms with Crippen LogP contribution in [0.4, 0.5) is 0 Å². The predicted molar refractivity (Wildman–Crippen MR) is 75.3 cm³/mol. The zero-order valence-corrected chi connectivity index (χ0v) is 11.9. The Labute approximate surface area is 109 Å². The van der Waals surface area contributed by atoms with Crippen molar-refractivity contribution in [1.29, 1.82) is 0 Å². The summed E-state index contributed by atoms with van der Waals surface area (Å²) < 4.78 is 0. The van der Waals surface area contributed by atoms with E-state index in [2.05, 4.69) is 0 Å². The van der Waals surface area contributed by atoms with Crippen LogP contribution in [0.3, 0.4) is 0 Å². The molecule has 1 aromatic rings. The van der Waals surface area contributed by atoms with Gasteiger partial charge in [-0.1, -0.05) is 23.7 Å². The molecule has 0 saturated heterocycles. The number of rotatable bonds is 4. The standard InChI is InChI=1S/C14H23ClN2/c1-13(2,16)9-12(14(3,4)17)10-5-7-11(15)8-6-10/h5-8,12H,9,16-17H2,1-4H3. The van der Waals surface area contributed by atoms with Crippen LogP contribution < -0.4 is 11.5 Å². The number of hydrogen-bond acceptors (Lipinski definition) is 2. The van der Waals surface area contributed by atoms with Crippen molar-refractivity contribution in [2.75, 3.05) is 0 Å². The molecule has 17 heavy (non-hydrogen) atoms. The molecule has 0 amide bonds. The van der Waals surface area contributed by atoms with Crippen LogP contribution >= 0.6 is 11.6 Å². The average Bonchev–Trinajstić information content (AvgIpc) is 2.13. The topological polar surface area (TPSA) is 52.0 Å². The Kier molecular flexibility index (Phi) is 4.23. The minimum atomic E-state index is -0.301. The van der Waals surface area contributed by atoms with Crippen molar-refractivity contribution in [3.8, 4) is 0 Å². The van der Waals surface area contributed by atoms with E-state index in [9.17, 15) is 0 Å². The molecular weight excluding hydrogens is 232 g/mol. The van der Waals surface area contributed by atoms with Crippen LogP contribution in [0.1, 0.15) is 45.6 Å². The smallest absolute Gasteiger partial charge is 0.0406 e. The lowest BCUT2D eigenvalue weighted by atomic mass is 9.76. The van der Waals surface area contributed by atoms with Gasteiger partial charge in [0.2, 0.25) is 0 Å².